The number of thioether (sulfide) groups is 1. The van der Waals surface area contributed by atoms with E-state index in [0.29, 0.717) is 0 Å². The Morgan fingerprint density at radius 2 is 1.93 bits per heavy atom. The normalized spacial score (nSPS) is 13.5. The van der Waals surface area contributed by atoms with E-state index in [1.54, 1.807) is 23.1 Å². The summed E-state index contributed by atoms with van der Waals surface area (Å²) in [5.41, 5.74) is 4.81. The molecule has 0 radical (unpaired) electrons. The molecule has 4 aromatic rings. The second-order valence-electron chi connectivity index (χ2n) is 7.22. The lowest BCUT2D eigenvalue weighted by Gasteiger charge is -2.13. The monoisotopic (exact) mass is 472 g/mol. The zero-order valence-corrected chi connectivity index (χ0v) is 19.8. The summed E-state index contributed by atoms with van der Waals surface area (Å²) in [6, 6.07) is 7.85. The van der Waals surface area contributed by atoms with Crippen LogP contribution in [-0.4, -0.2) is 19.7 Å². The number of fused-ring (bicyclic) bond motifs is 1. The minimum atomic E-state index is 0.737. The van der Waals surface area contributed by atoms with Crippen molar-refractivity contribution in [1.82, 2.24) is 19.7 Å². The van der Waals surface area contributed by atoms with Gasteiger partial charge in [0, 0.05) is 39.1 Å². The molecule has 5 rings (SSSR count). The molecule has 0 atom stereocenters. The van der Waals surface area contributed by atoms with E-state index in [1.165, 1.54) is 35.3 Å². The van der Waals surface area contributed by atoms with E-state index < -0.39 is 0 Å². The van der Waals surface area contributed by atoms with E-state index in [0.717, 1.165) is 51.0 Å². The van der Waals surface area contributed by atoms with Crippen molar-refractivity contribution in [3.63, 3.8) is 0 Å². The first-order chi connectivity index (χ1) is 14.7. The van der Waals surface area contributed by atoms with Gasteiger partial charge in [-0.25, -0.2) is 4.98 Å². The zero-order chi connectivity index (χ0) is 20.5. The highest BCUT2D eigenvalue weighted by Crippen LogP contribution is 2.37. The zero-order valence-electron chi connectivity index (χ0n) is 16.6. The van der Waals surface area contributed by atoms with E-state index in [2.05, 4.69) is 32.4 Å². The van der Waals surface area contributed by atoms with E-state index in [1.807, 2.05) is 35.6 Å². The van der Waals surface area contributed by atoms with Crippen LogP contribution >= 0.6 is 46.0 Å². The van der Waals surface area contributed by atoms with Gasteiger partial charge in [0.1, 0.15) is 5.01 Å². The highest BCUT2D eigenvalue weighted by atomic mass is 35.5. The number of benzene rings is 1. The minimum absolute atomic E-state index is 0.737. The van der Waals surface area contributed by atoms with Crippen LogP contribution in [0.4, 0.5) is 0 Å². The van der Waals surface area contributed by atoms with E-state index in [4.69, 9.17) is 16.6 Å². The highest BCUT2D eigenvalue weighted by molar-refractivity contribution is 7.98. The van der Waals surface area contributed by atoms with Crippen molar-refractivity contribution < 1.29 is 0 Å². The molecule has 154 valence electrons. The number of aryl methyl sites for hydroxylation is 1. The van der Waals surface area contributed by atoms with Crippen LogP contribution in [0.1, 0.15) is 35.9 Å². The average molecular weight is 473 g/mol. The second kappa shape index (κ2) is 8.83. The highest BCUT2D eigenvalue weighted by Gasteiger charge is 2.22. The molecule has 8 heteroatoms. The van der Waals surface area contributed by atoms with Crippen LogP contribution in [0.2, 0.25) is 5.02 Å². The van der Waals surface area contributed by atoms with Gasteiger partial charge in [-0.15, -0.1) is 32.9 Å². The molecular formula is C22H21ClN4S3. The third kappa shape index (κ3) is 3.84. The molecule has 30 heavy (non-hydrogen) atoms. The number of hydrogen-bond donors (Lipinski definition) is 0. The molecule has 0 spiro atoms. The van der Waals surface area contributed by atoms with Crippen molar-refractivity contribution in [2.24, 2.45) is 0 Å². The maximum atomic E-state index is 6.32. The summed E-state index contributed by atoms with van der Waals surface area (Å²) in [7, 11) is 0. The number of hydrogen-bond acceptors (Lipinski definition) is 6. The fraction of sp³-hybridized carbons (Fsp3) is 0.318. The quantitative estimate of drug-likeness (QED) is 0.284. The Kier molecular flexibility index (Phi) is 5.96. The number of thiophene rings is 1. The van der Waals surface area contributed by atoms with Crippen molar-refractivity contribution in [3.8, 4) is 22.0 Å². The Morgan fingerprint density at radius 3 is 2.80 bits per heavy atom. The summed E-state index contributed by atoms with van der Waals surface area (Å²) >= 11 is 11.5. The topological polar surface area (TPSA) is 43.6 Å². The molecule has 0 amide bonds. The number of aromatic nitrogens is 4. The molecular weight excluding hydrogens is 452 g/mol. The lowest BCUT2D eigenvalue weighted by atomic mass is 9.96. The summed E-state index contributed by atoms with van der Waals surface area (Å²) in [4.78, 5) is 6.32. The van der Waals surface area contributed by atoms with Gasteiger partial charge in [-0.3, -0.25) is 0 Å². The molecule has 4 nitrogen and oxygen atoms in total. The maximum absolute atomic E-state index is 6.32. The molecule has 0 unspecified atom stereocenters. The van der Waals surface area contributed by atoms with Gasteiger partial charge in [-0.05, 0) is 44.2 Å². The smallest absolute Gasteiger partial charge is 0.191 e. The van der Waals surface area contributed by atoms with Crippen LogP contribution in [0.5, 0.6) is 0 Å². The first-order valence-electron chi connectivity index (χ1n) is 10.1. The SMILES string of the molecule is CCn1c(SCc2csc(-c3ccccc3Cl)n2)nnc1-c1csc2c1CCCC2. The Hall–Kier alpha value is -1.67. The molecule has 3 aromatic heterocycles. The van der Waals surface area contributed by atoms with Gasteiger partial charge in [0.15, 0.2) is 11.0 Å². The molecule has 1 aliphatic carbocycles. The summed E-state index contributed by atoms with van der Waals surface area (Å²) in [6.07, 6.45) is 4.95. The molecule has 1 aromatic carbocycles. The van der Waals surface area contributed by atoms with Crippen molar-refractivity contribution in [3.05, 3.63) is 56.2 Å². The fourth-order valence-corrected chi connectivity index (χ4v) is 7.10. The predicted molar refractivity (Wildman–Crippen MR) is 128 cm³/mol. The molecule has 0 aliphatic heterocycles. The second-order valence-corrected chi connectivity index (χ2v) is 10.4. The van der Waals surface area contributed by atoms with Crippen LogP contribution in [0.25, 0.3) is 22.0 Å². The van der Waals surface area contributed by atoms with Gasteiger partial charge in [-0.1, -0.05) is 41.6 Å². The average Bonchev–Trinajstić information content (AvgIpc) is 3.50. The fourth-order valence-electron chi connectivity index (χ4n) is 3.83. The van der Waals surface area contributed by atoms with E-state index in [-0.39, 0.29) is 0 Å². The third-order valence-corrected chi connectivity index (χ3v) is 8.68. The van der Waals surface area contributed by atoms with Crippen LogP contribution in [0, 0.1) is 0 Å². The Balaban J connectivity index is 1.36. The summed E-state index contributed by atoms with van der Waals surface area (Å²) in [5, 5.41) is 16.1. The van der Waals surface area contributed by atoms with Crippen LogP contribution < -0.4 is 0 Å². The molecule has 0 N–H and O–H groups in total. The van der Waals surface area contributed by atoms with Crippen LogP contribution in [0.15, 0.2) is 40.2 Å². The standard InChI is InChI=1S/C22H21ClN4S3/c1-2-27-20(17-13-28-19-10-6-4-7-15(17)19)25-26-22(27)30-12-14-11-29-21(24-14)16-8-3-5-9-18(16)23/h3,5,8-9,11,13H,2,4,6-7,10,12H2,1H3. The molecule has 0 saturated heterocycles. The molecule has 1 aliphatic rings. The van der Waals surface area contributed by atoms with Gasteiger partial charge in [0.05, 0.1) is 10.7 Å². The number of halogens is 1. The van der Waals surface area contributed by atoms with Gasteiger partial charge < -0.3 is 4.57 Å². The van der Waals surface area contributed by atoms with Gasteiger partial charge >= 0.3 is 0 Å². The van der Waals surface area contributed by atoms with Gasteiger partial charge in [0.25, 0.3) is 0 Å². The van der Waals surface area contributed by atoms with Crippen molar-refractivity contribution in [2.45, 2.75) is 50.1 Å². The summed E-state index contributed by atoms with van der Waals surface area (Å²) in [6.45, 7) is 3.02. The Morgan fingerprint density at radius 1 is 1.07 bits per heavy atom. The number of rotatable bonds is 6. The first kappa shape index (κ1) is 20.2. The van der Waals surface area contributed by atoms with Gasteiger partial charge in [0.2, 0.25) is 0 Å². The Bertz CT molecular complexity index is 1180. The number of nitrogens with zero attached hydrogens (tertiary/aromatic N) is 4. The molecule has 0 fully saturated rings. The molecule has 3 heterocycles. The van der Waals surface area contributed by atoms with E-state index >= 15 is 0 Å². The van der Waals surface area contributed by atoms with Crippen molar-refractivity contribution in [2.75, 3.05) is 0 Å². The number of thiazole rings is 1. The predicted octanol–water partition coefficient (Wildman–Crippen LogP) is 6.97. The lowest BCUT2D eigenvalue weighted by Crippen LogP contribution is -2.03. The van der Waals surface area contributed by atoms with E-state index in [9.17, 15) is 0 Å². The van der Waals surface area contributed by atoms with Crippen LogP contribution in [0.3, 0.4) is 0 Å². The van der Waals surface area contributed by atoms with Crippen molar-refractivity contribution >= 4 is 46.0 Å². The Labute approximate surface area is 193 Å². The maximum Gasteiger partial charge on any atom is 0.191 e. The lowest BCUT2D eigenvalue weighted by molar-refractivity contribution is 0.680. The minimum Gasteiger partial charge on any atom is -0.302 e. The third-order valence-electron chi connectivity index (χ3n) is 5.34. The summed E-state index contributed by atoms with van der Waals surface area (Å²) in [5.74, 6) is 1.77. The summed E-state index contributed by atoms with van der Waals surface area (Å²) < 4.78 is 2.24. The molecule has 0 bridgehead atoms. The largest absolute Gasteiger partial charge is 0.302 e. The van der Waals surface area contributed by atoms with Gasteiger partial charge in [-0.2, -0.15) is 0 Å². The van der Waals surface area contributed by atoms with Crippen LogP contribution in [-0.2, 0) is 25.1 Å². The first-order valence-corrected chi connectivity index (χ1v) is 13.2. The molecule has 0 saturated carbocycles. The van der Waals surface area contributed by atoms with Crippen molar-refractivity contribution in [1.29, 1.82) is 0 Å².